The lowest BCUT2D eigenvalue weighted by Gasteiger charge is -2.09. The lowest BCUT2D eigenvalue weighted by molar-refractivity contribution is 0.536. The minimum absolute atomic E-state index is 0.309. The van der Waals surface area contributed by atoms with Gasteiger partial charge in [0.2, 0.25) is 0 Å². The Labute approximate surface area is 98.1 Å². The van der Waals surface area contributed by atoms with Crippen LogP contribution in [0.15, 0.2) is 0 Å². The highest BCUT2D eigenvalue weighted by molar-refractivity contribution is 7.16. The van der Waals surface area contributed by atoms with Crippen molar-refractivity contribution in [3.63, 3.8) is 0 Å². The van der Waals surface area contributed by atoms with Crippen LogP contribution in [0.3, 0.4) is 0 Å². The molecular weight excluding hydrogens is 230 g/mol. The lowest BCUT2D eigenvalue weighted by Crippen LogP contribution is -2.12. The molecule has 0 spiro atoms. The normalized spacial score (nSPS) is 17.1. The van der Waals surface area contributed by atoms with Crippen molar-refractivity contribution in [1.82, 2.24) is 4.98 Å². The average molecular weight is 242 g/mol. The highest BCUT2D eigenvalue weighted by atomic mass is 35.5. The Kier molecular flexibility index (Phi) is 3.13. The van der Waals surface area contributed by atoms with E-state index in [4.69, 9.17) is 16.9 Å². The van der Waals surface area contributed by atoms with Crippen LogP contribution in [-0.2, 0) is 0 Å². The van der Waals surface area contributed by atoms with Gasteiger partial charge >= 0.3 is 0 Å². The summed E-state index contributed by atoms with van der Waals surface area (Å²) in [5.74, 6) is 1.56. The third-order valence-electron chi connectivity index (χ3n) is 2.69. The molecule has 0 aromatic carbocycles. The van der Waals surface area contributed by atoms with E-state index >= 15 is 0 Å². The summed E-state index contributed by atoms with van der Waals surface area (Å²) in [5, 5.41) is 13.0. The lowest BCUT2D eigenvalue weighted by atomic mass is 10.1. The third kappa shape index (κ3) is 2.61. The van der Waals surface area contributed by atoms with E-state index in [2.05, 4.69) is 17.2 Å². The SMILES string of the molecule is CC(CNc1nc(Cl)c(C#N)s1)C1CC1. The molecule has 1 unspecified atom stereocenters. The van der Waals surface area contributed by atoms with Gasteiger partial charge in [0.1, 0.15) is 10.9 Å². The van der Waals surface area contributed by atoms with Gasteiger partial charge in [0.25, 0.3) is 0 Å². The van der Waals surface area contributed by atoms with Crippen LogP contribution in [0, 0.1) is 23.2 Å². The summed E-state index contributed by atoms with van der Waals surface area (Å²) < 4.78 is 0. The molecule has 0 saturated heterocycles. The van der Waals surface area contributed by atoms with Gasteiger partial charge in [-0.1, -0.05) is 29.9 Å². The Morgan fingerprint density at radius 3 is 3.00 bits per heavy atom. The number of nitrogens with one attached hydrogen (secondary N) is 1. The van der Waals surface area contributed by atoms with Crippen molar-refractivity contribution in [3.8, 4) is 6.07 Å². The number of hydrogen-bond acceptors (Lipinski definition) is 4. The van der Waals surface area contributed by atoms with Gasteiger partial charge in [-0.05, 0) is 24.7 Å². The molecule has 1 heterocycles. The molecule has 1 aliphatic rings. The monoisotopic (exact) mass is 241 g/mol. The molecule has 0 radical (unpaired) electrons. The molecule has 3 nitrogen and oxygen atoms in total. The molecule has 80 valence electrons. The van der Waals surface area contributed by atoms with Crippen LogP contribution in [0.25, 0.3) is 0 Å². The summed E-state index contributed by atoms with van der Waals surface area (Å²) in [7, 11) is 0. The molecule has 0 bridgehead atoms. The Morgan fingerprint density at radius 1 is 1.73 bits per heavy atom. The van der Waals surface area contributed by atoms with Gasteiger partial charge in [0, 0.05) is 6.54 Å². The second kappa shape index (κ2) is 4.38. The predicted molar refractivity (Wildman–Crippen MR) is 62.2 cm³/mol. The Balaban J connectivity index is 1.90. The van der Waals surface area contributed by atoms with E-state index in [1.165, 1.54) is 24.2 Å². The van der Waals surface area contributed by atoms with Crippen LogP contribution in [-0.4, -0.2) is 11.5 Å². The zero-order chi connectivity index (χ0) is 10.8. The van der Waals surface area contributed by atoms with Gasteiger partial charge in [-0.2, -0.15) is 5.26 Å². The van der Waals surface area contributed by atoms with Gasteiger partial charge < -0.3 is 5.32 Å². The van der Waals surface area contributed by atoms with E-state index in [1.54, 1.807) is 0 Å². The summed E-state index contributed by atoms with van der Waals surface area (Å²) in [6.45, 7) is 3.16. The van der Waals surface area contributed by atoms with Crippen molar-refractivity contribution in [2.45, 2.75) is 19.8 Å². The predicted octanol–water partition coefficient (Wildman–Crippen LogP) is 3.13. The molecule has 1 aromatic heterocycles. The zero-order valence-corrected chi connectivity index (χ0v) is 10.0. The highest BCUT2D eigenvalue weighted by Gasteiger charge is 2.27. The topological polar surface area (TPSA) is 48.7 Å². The van der Waals surface area contributed by atoms with E-state index in [-0.39, 0.29) is 0 Å². The molecule has 1 aromatic rings. The molecule has 5 heteroatoms. The molecule has 1 N–H and O–H groups in total. The molecule has 1 atom stereocenters. The largest absolute Gasteiger partial charge is 0.361 e. The molecule has 1 saturated carbocycles. The van der Waals surface area contributed by atoms with Crippen LogP contribution < -0.4 is 5.32 Å². The van der Waals surface area contributed by atoms with Crippen LogP contribution in [0.4, 0.5) is 5.13 Å². The number of hydrogen-bond donors (Lipinski definition) is 1. The highest BCUT2D eigenvalue weighted by Crippen LogP contribution is 2.36. The van der Waals surface area contributed by atoms with Gasteiger partial charge in [0.15, 0.2) is 10.3 Å². The van der Waals surface area contributed by atoms with Crippen molar-refractivity contribution in [2.75, 3.05) is 11.9 Å². The van der Waals surface area contributed by atoms with Crippen molar-refractivity contribution in [3.05, 3.63) is 10.0 Å². The van der Waals surface area contributed by atoms with Crippen LogP contribution in [0.2, 0.25) is 5.15 Å². The summed E-state index contributed by atoms with van der Waals surface area (Å²) >= 11 is 7.09. The first-order chi connectivity index (χ1) is 7.20. The summed E-state index contributed by atoms with van der Waals surface area (Å²) in [6.07, 6.45) is 2.70. The molecule has 15 heavy (non-hydrogen) atoms. The van der Waals surface area contributed by atoms with Gasteiger partial charge in [0.05, 0.1) is 0 Å². The number of halogens is 1. The minimum Gasteiger partial charge on any atom is -0.361 e. The Morgan fingerprint density at radius 2 is 2.47 bits per heavy atom. The number of nitriles is 1. The van der Waals surface area contributed by atoms with E-state index in [1.807, 2.05) is 6.07 Å². The molecule has 0 amide bonds. The first kappa shape index (κ1) is 10.7. The van der Waals surface area contributed by atoms with Crippen molar-refractivity contribution in [1.29, 1.82) is 5.26 Å². The van der Waals surface area contributed by atoms with Crippen molar-refractivity contribution < 1.29 is 0 Å². The van der Waals surface area contributed by atoms with Crippen LogP contribution in [0.1, 0.15) is 24.6 Å². The number of anilines is 1. The van der Waals surface area contributed by atoms with Gasteiger partial charge in [-0.25, -0.2) is 4.98 Å². The summed E-state index contributed by atoms with van der Waals surface area (Å²) in [5.41, 5.74) is 0. The second-order valence-corrected chi connectivity index (χ2v) is 5.30. The molecular formula is C10H12ClN3S. The van der Waals surface area contributed by atoms with E-state index in [0.29, 0.717) is 15.9 Å². The smallest absolute Gasteiger partial charge is 0.185 e. The van der Waals surface area contributed by atoms with Gasteiger partial charge in [-0.3, -0.25) is 0 Å². The number of nitrogens with zero attached hydrogens (tertiary/aromatic N) is 2. The maximum Gasteiger partial charge on any atom is 0.185 e. The molecule has 0 aliphatic heterocycles. The zero-order valence-electron chi connectivity index (χ0n) is 8.46. The van der Waals surface area contributed by atoms with Crippen molar-refractivity contribution >= 4 is 28.1 Å². The van der Waals surface area contributed by atoms with E-state index in [0.717, 1.165) is 17.6 Å². The fraction of sp³-hybridized carbons (Fsp3) is 0.600. The molecule has 2 rings (SSSR count). The van der Waals surface area contributed by atoms with Crippen molar-refractivity contribution in [2.24, 2.45) is 11.8 Å². The summed E-state index contributed by atoms with van der Waals surface area (Å²) in [6, 6.07) is 2.02. The van der Waals surface area contributed by atoms with Crippen LogP contribution in [0.5, 0.6) is 0 Å². The standard InChI is InChI=1S/C10H12ClN3S/c1-6(7-2-3-7)5-13-10-14-9(11)8(4-12)15-10/h6-7H,2-3,5H2,1H3,(H,13,14). The summed E-state index contributed by atoms with van der Waals surface area (Å²) in [4.78, 5) is 4.57. The minimum atomic E-state index is 0.309. The number of rotatable bonds is 4. The Bertz CT molecular complexity index is 392. The molecule has 1 fully saturated rings. The quantitative estimate of drug-likeness (QED) is 0.881. The third-order valence-corrected chi connectivity index (χ3v) is 3.99. The maximum absolute atomic E-state index is 8.72. The molecule has 1 aliphatic carbocycles. The first-order valence-corrected chi connectivity index (χ1v) is 6.20. The second-order valence-electron chi connectivity index (χ2n) is 3.95. The number of thiazole rings is 1. The van der Waals surface area contributed by atoms with E-state index in [9.17, 15) is 0 Å². The average Bonchev–Trinajstić information content (AvgIpc) is 3.00. The first-order valence-electron chi connectivity index (χ1n) is 5.01. The fourth-order valence-electron chi connectivity index (χ4n) is 1.53. The fourth-order valence-corrected chi connectivity index (χ4v) is 2.48. The van der Waals surface area contributed by atoms with E-state index < -0.39 is 0 Å². The maximum atomic E-state index is 8.72. The Hall–Kier alpha value is -0.790. The van der Waals surface area contributed by atoms with Crippen LogP contribution >= 0.6 is 22.9 Å². The number of aromatic nitrogens is 1. The van der Waals surface area contributed by atoms with Gasteiger partial charge in [-0.15, -0.1) is 0 Å².